The van der Waals surface area contributed by atoms with Gasteiger partial charge in [-0.1, -0.05) is 36.8 Å². The van der Waals surface area contributed by atoms with Crippen LogP contribution in [0, 0.1) is 5.92 Å². The molecule has 3 aromatic rings. The van der Waals surface area contributed by atoms with Crippen molar-refractivity contribution in [2.75, 3.05) is 19.6 Å². The third-order valence-corrected chi connectivity index (χ3v) is 6.98. The lowest BCUT2D eigenvalue weighted by atomic mass is 9.98. The standard InChI is InChI=1S/C27H29N5O2/c33-26(10-9-20-6-2-1-3-7-20)31-17-22-8-4-5-13-32(25(22)18-31)27(34)21-11-12-30-24(14-21)23-15-28-19-29-16-23/h1-3,6-7,11-12,14-16,19,22,25H,4-5,8-10,13,17-18H2/t22-,25+/m0/s1. The highest BCUT2D eigenvalue weighted by Gasteiger charge is 2.41. The maximum absolute atomic E-state index is 13.6. The molecule has 0 spiro atoms. The van der Waals surface area contributed by atoms with Crippen LogP contribution in [0.25, 0.3) is 11.3 Å². The number of hydrogen-bond donors (Lipinski definition) is 0. The number of carbonyl (C=O) groups is 2. The second-order valence-electron chi connectivity index (χ2n) is 9.16. The molecule has 7 heteroatoms. The number of fused-ring (bicyclic) bond motifs is 1. The van der Waals surface area contributed by atoms with Crippen LogP contribution in [0.4, 0.5) is 0 Å². The summed E-state index contributed by atoms with van der Waals surface area (Å²) in [6.07, 6.45) is 10.9. The molecule has 2 saturated heterocycles. The zero-order chi connectivity index (χ0) is 23.3. The number of nitrogens with zero attached hydrogens (tertiary/aromatic N) is 5. The van der Waals surface area contributed by atoms with E-state index >= 15 is 0 Å². The lowest BCUT2D eigenvalue weighted by Gasteiger charge is -2.30. The average Bonchev–Trinajstić information content (AvgIpc) is 3.22. The van der Waals surface area contributed by atoms with Crippen molar-refractivity contribution in [3.63, 3.8) is 0 Å². The van der Waals surface area contributed by atoms with Crippen molar-refractivity contribution in [1.82, 2.24) is 24.8 Å². The van der Waals surface area contributed by atoms with Crippen LogP contribution < -0.4 is 0 Å². The summed E-state index contributed by atoms with van der Waals surface area (Å²) < 4.78 is 0. The summed E-state index contributed by atoms with van der Waals surface area (Å²) in [6.45, 7) is 2.08. The molecule has 2 aromatic heterocycles. The van der Waals surface area contributed by atoms with Gasteiger partial charge in [0.1, 0.15) is 6.33 Å². The monoisotopic (exact) mass is 455 g/mol. The molecule has 1 aromatic carbocycles. The van der Waals surface area contributed by atoms with Crippen LogP contribution in [0.15, 0.2) is 67.4 Å². The SMILES string of the molecule is O=C(CCc1ccccc1)N1C[C@@H]2CCCCN(C(=O)c3ccnc(-c4cncnc4)c3)[C@@H]2C1. The van der Waals surface area contributed by atoms with Gasteiger partial charge < -0.3 is 9.80 Å². The maximum atomic E-state index is 13.6. The first kappa shape index (κ1) is 22.2. The van der Waals surface area contributed by atoms with Crippen molar-refractivity contribution in [2.24, 2.45) is 5.92 Å². The minimum absolute atomic E-state index is 0.0102. The number of amides is 2. The number of carbonyl (C=O) groups excluding carboxylic acids is 2. The van der Waals surface area contributed by atoms with Gasteiger partial charge in [-0.15, -0.1) is 0 Å². The Labute approximate surface area is 199 Å². The molecular formula is C27H29N5O2. The Bertz CT molecular complexity index is 1140. The molecule has 0 bridgehead atoms. The van der Waals surface area contributed by atoms with E-state index in [0.29, 0.717) is 30.1 Å². The molecule has 7 nitrogen and oxygen atoms in total. The predicted octanol–water partition coefficient (Wildman–Crippen LogP) is 3.62. The molecule has 0 radical (unpaired) electrons. The Hall–Kier alpha value is -3.61. The van der Waals surface area contributed by atoms with Crippen molar-refractivity contribution >= 4 is 11.8 Å². The number of likely N-dealkylation sites (tertiary alicyclic amines) is 2. The molecule has 0 N–H and O–H groups in total. The van der Waals surface area contributed by atoms with E-state index in [1.807, 2.05) is 34.1 Å². The lowest BCUT2D eigenvalue weighted by Crippen LogP contribution is -2.44. The van der Waals surface area contributed by atoms with Crippen LogP contribution in [-0.2, 0) is 11.2 Å². The fourth-order valence-electron chi connectivity index (χ4n) is 5.17. The Morgan fingerprint density at radius 1 is 1.00 bits per heavy atom. The fraction of sp³-hybridized carbons (Fsp3) is 0.370. The summed E-state index contributed by atoms with van der Waals surface area (Å²) in [7, 11) is 0. The first-order valence-corrected chi connectivity index (χ1v) is 12.0. The quantitative estimate of drug-likeness (QED) is 0.587. The smallest absolute Gasteiger partial charge is 0.254 e. The van der Waals surface area contributed by atoms with E-state index < -0.39 is 0 Å². The summed E-state index contributed by atoms with van der Waals surface area (Å²) in [6, 6.07) is 13.8. The number of aryl methyl sites for hydroxylation is 1. The van der Waals surface area contributed by atoms with Crippen molar-refractivity contribution in [2.45, 2.75) is 38.1 Å². The van der Waals surface area contributed by atoms with Gasteiger partial charge in [0.15, 0.2) is 0 Å². The Morgan fingerprint density at radius 3 is 2.65 bits per heavy atom. The molecule has 0 unspecified atom stereocenters. The number of aromatic nitrogens is 3. The van der Waals surface area contributed by atoms with Gasteiger partial charge in [-0.05, 0) is 42.9 Å². The highest BCUT2D eigenvalue weighted by Crippen LogP contribution is 2.32. The van der Waals surface area contributed by atoms with Gasteiger partial charge in [0.2, 0.25) is 5.91 Å². The molecule has 2 aliphatic heterocycles. The molecule has 174 valence electrons. The molecule has 0 aliphatic carbocycles. The molecule has 2 aliphatic rings. The van der Waals surface area contributed by atoms with E-state index in [-0.39, 0.29) is 17.9 Å². The van der Waals surface area contributed by atoms with Crippen molar-refractivity contribution in [1.29, 1.82) is 0 Å². The molecule has 2 atom stereocenters. The molecular weight excluding hydrogens is 426 g/mol. The van der Waals surface area contributed by atoms with E-state index in [9.17, 15) is 9.59 Å². The number of hydrogen-bond acceptors (Lipinski definition) is 5. The summed E-state index contributed by atoms with van der Waals surface area (Å²) in [5.41, 5.74) is 3.26. The molecule has 4 heterocycles. The summed E-state index contributed by atoms with van der Waals surface area (Å²) >= 11 is 0. The van der Waals surface area contributed by atoms with Crippen LogP contribution in [0.5, 0.6) is 0 Å². The fourth-order valence-corrected chi connectivity index (χ4v) is 5.17. The highest BCUT2D eigenvalue weighted by atomic mass is 16.2. The van der Waals surface area contributed by atoms with Gasteiger partial charge in [-0.25, -0.2) is 9.97 Å². The predicted molar refractivity (Wildman–Crippen MR) is 129 cm³/mol. The second-order valence-corrected chi connectivity index (χ2v) is 9.16. The van der Waals surface area contributed by atoms with Gasteiger partial charge in [0, 0.05) is 55.8 Å². The van der Waals surface area contributed by atoms with Crippen LogP contribution in [0.3, 0.4) is 0 Å². The number of rotatable bonds is 5. The van der Waals surface area contributed by atoms with Crippen LogP contribution in [0.1, 0.15) is 41.6 Å². The van der Waals surface area contributed by atoms with Gasteiger partial charge in [-0.3, -0.25) is 14.6 Å². The molecule has 0 saturated carbocycles. The first-order chi connectivity index (χ1) is 16.7. The normalized spacial score (nSPS) is 20.0. The van der Waals surface area contributed by atoms with Crippen LogP contribution >= 0.6 is 0 Å². The zero-order valence-electron chi connectivity index (χ0n) is 19.2. The average molecular weight is 456 g/mol. The summed E-state index contributed by atoms with van der Waals surface area (Å²) in [4.78, 5) is 43.1. The lowest BCUT2D eigenvalue weighted by molar-refractivity contribution is -0.130. The largest absolute Gasteiger partial charge is 0.340 e. The third kappa shape index (κ3) is 4.83. The minimum atomic E-state index is 0.0102. The van der Waals surface area contributed by atoms with Crippen molar-refractivity contribution < 1.29 is 9.59 Å². The van der Waals surface area contributed by atoms with Crippen molar-refractivity contribution in [3.8, 4) is 11.3 Å². The van der Waals surface area contributed by atoms with Gasteiger partial charge in [0.05, 0.1) is 11.7 Å². The molecule has 2 fully saturated rings. The summed E-state index contributed by atoms with van der Waals surface area (Å²) in [5.74, 6) is 0.520. The van der Waals surface area contributed by atoms with Crippen molar-refractivity contribution in [3.05, 3.63) is 78.5 Å². The molecule has 2 amide bonds. The molecule has 34 heavy (non-hydrogen) atoms. The van der Waals surface area contributed by atoms with E-state index in [1.165, 1.54) is 11.9 Å². The number of pyridine rings is 1. The topological polar surface area (TPSA) is 79.3 Å². The Balaban J connectivity index is 1.30. The Kier molecular flexibility index (Phi) is 6.60. The maximum Gasteiger partial charge on any atom is 0.254 e. The molecule has 5 rings (SSSR count). The summed E-state index contributed by atoms with van der Waals surface area (Å²) in [5, 5.41) is 0. The zero-order valence-corrected chi connectivity index (χ0v) is 19.2. The van der Waals surface area contributed by atoms with E-state index in [2.05, 4.69) is 27.1 Å². The second kappa shape index (κ2) is 10.1. The Morgan fingerprint density at radius 2 is 1.82 bits per heavy atom. The van der Waals surface area contributed by atoms with Gasteiger partial charge >= 0.3 is 0 Å². The van der Waals surface area contributed by atoms with Crippen LogP contribution in [0.2, 0.25) is 0 Å². The third-order valence-electron chi connectivity index (χ3n) is 6.98. The van der Waals surface area contributed by atoms with E-state index in [1.54, 1.807) is 24.7 Å². The van der Waals surface area contributed by atoms with E-state index in [0.717, 1.165) is 44.3 Å². The van der Waals surface area contributed by atoms with Gasteiger partial charge in [0.25, 0.3) is 5.91 Å². The van der Waals surface area contributed by atoms with Gasteiger partial charge in [-0.2, -0.15) is 0 Å². The van der Waals surface area contributed by atoms with Crippen LogP contribution in [-0.4, -0.2) is 62.2 Å². The minimum Gasteiger partial charge on any atom is -0.340 e. The number of benzene rings is 1. The first-order valence-electron chi connectivity index (χ1n) is 12.0. The highest BCUT2D eigenvalue weighted by molar-refractivity contribution is 5.95. The van der Waals surface area contributed by atoms with E-state index in [4.69, 9.17) is 0 Å².